The van der Waals surface area contributed by atoms with Gasteiger partial charge in [0.05, 0.1) is 5.54 Å². The van der Waals surface area contributed by atoms with Gasteiger partial charge >= 0.3 is 0 Å². The van der Waals surface area contributed by atoms with Crippen LogP contribution in [0.5, 0.6) is 0 Å². The van der Waals surface area contributed by atoms with Crippen LogP contribution < -0.4 is 0 Å². The van der Waals surface area contributed by atoms with Crippen LogP contribution in [0.25, 0.3) is 0 Å². The smallest absolute Gasteiger partial charge is 0.116 e. The summed E-state index contributed by atoms with van der Waals surface area (Å²) in [5.41, 5.74) is 4.10. The van der Waals surface area contributed by atoms with Crippen molar-refractivity contribution in [1.82, 2.24) is 0 Å². The quantitative estimate of drug-likeness (QED) is 0.245. The van der Waals surface area contributed by atoms with E-state index in [2.05, 4.69) is 99.3 Å². The molecule has 172 valence electrons. The lowest BCUT2D eigenvalue weighted by molar-refractivity contribution is 0.514. The number of hydrogen-bond donors (Lipinski definition) is 0. The van der Waals surface area contributed by atoms with Gasteiger partial charge in [-0.25, -0.2) is 4.99 Å². The SMILES string of the molecule is BC(c1ccccc1)c1ccccc1.CCCCCCC1=NC=NC1(C)CCCCCC. The summed E-state index contributed by atoms with van der Waals surface area (Å²) in [6.45, 7) is 6.78. The average Bonchev–Trinajstić information content (AvgIpc) is 3.21. The number of nitrogens with zero attached hydrogens (tertiary/aromatic N) is 2. The van der Waals surface area contributed by atoms with Crippen molar-refractivity contribution >= 4 is 19.9 Å². The summed E-state index contributed by atoms with van der Waals surface area (Å²) < 4.78 is 0. The van der Waals surface area contributed by atoms with Crippen molar-refractivity contribution in [3.8, 4) is 0 Å². The first-order valence-electron chi connectivity index (χ1n) is 12.8. The van der Waals surface area contributed by atoms with Gasteiger partial charge in [0.2, 0.25) is 0 Å². The molecule has 1 unspecified atom stereocenters. The molecule has 2 aromatic carbocycles. The number of rotatable bonds is 12. The molecule has 0 N–H and O–H groups in total. The van der Waals surface area contributed by atoms with Gasteiger partial charge in [-0.2, -0.15) is 0 Å². The van der Waals surface area contributed by atoms with E-state index in [0.29, 0.717) is 5.82 Å². The molecule has 1 atom stereocenters. The Balaban J connectivity index is 0.000000233. The molecule has 0 radical (unpaired) electrons. The van der Waals surface area contributed by atoms with E-state index >= 15 is 0 Å². The molecule has 0 aliphatic carbocycles. The summed E-state index contributed by atoms with van der Waals surface area (Å²) in [7, 11) is 2.24. The molecule has 0 bridgehead atoms. The highest BCUT2D eigenvalue weighted by molar-refractivity contribution is 6.14. The van der Waals surface area contributed by atoms with Crippen LogP contribution in [0.2, 0.25) is 0 Å². The number of aliphatic imine (C=N–C) groups is 2. The van der Waals surface area contributed by atoms with E-state index in [9.17, 15) is 0 Å². The van der Waals surface area contributed by atoms with Crippen LogP contribution in [0.1, 0.15) is 102 Å². The van der Waals surface area contributed by atoms with Gasteiger partial charge in [0.1, 0.15) is 14.2 Å². The fourth-order valence-electron chi connectivity index (χ4n) is 4.27. The van der Waals surface area contributed by atoms with E-state index in [1.165, 1.54) is 74.6 Å². The van der Waals surface area contributed by atoms with Crippen LogP contribution in [0.4, 0.5) is 0 Å². The predicted octanol–water partition coefficient (Wildman–Crippen LogP) is 7.58. The Bertz CT molecular complexity index is 761. The van der Waals surface area contributed by atoms with Gasteiger partial charge in [-0.3, -0.25) is 4.99 Å². The van der Waals surface area contributed by atoms with Gasteiger partial charge in [-0.1, -0.05) is 119 Å². The third-order valence-corrected chi connectivity index (χ3v) is 6.56. The molecule has 0 spiro atoms. The molecule has 3 heteroatoms. The monoisotopic (exact) mass is 430 g/mol. The summed E-state index contributed by atoms with van der Waals surface area (Å²) in [5, 5.41) is 0. The maximum atomic E-state index is 4.62. The van der Waals surface area contributed by atoms with Gasteiger partial charge in [-0.05, 0) is 43.1 Å². The normalized spacial score (nSPS) is 17.2. The summed E-state index contributed by atoms with van der Waals surface area (Å²) in [6.07, 6.45) is 14.6. The predicted molar refractivity (Wildman–Crippen MR) is 145 cm³/mol. The Morgan fingerprint density at radius 1 is 0.750 bits per heavy atom. The van der Waals surface area contributed by atoms with Crippen LogP contribution in [0.15, 0.2) is 70.6 Å². The number of hydrogen-bond acceptors (Lipinski definition) is 2. The molecule has 0 saturated heterocycles. The Morgan fingerprint density at radius 2 is 1.28 bits per heavy atom. The van der Waals surface area contributed by atoms with Gasteiger partial charge in [-0.15, -0.1) is 0 Å². The van der Waals surface area contributed by atoms with E-state index in [4.69, 9.17) is 0 Å². The summed E-state index contributed by atoms with van der Waals surface area (Å²) in [6, 6.07) is 21.2. The van der Waals surface area contributed by atoms with Crippen LogP contribution in [0, 0.1) is 0 Å². The van der Waals surface area contributed by atoms with Gasteiger partial charge in [0, 0.05) is 5.71 Å². The second kappa shape index (κ2) is 14.8. The molecule has 2 aromatic rings. The largest absolute Gasteiger partial charge is 0.261 e. The van der Waals surface area contributed by atoms with Gasteiger partial charge < -0.3 is 0 Å². The molecule has 3 rings (SSSR count). The summed E-state index contributed by atoms with van der Waals surface area (Å²) in [4.78, 5) is 9.13. The maximum Gasteiger partial charge on any atom is 0.116 e. The zero-order valence-corrected chi connectivity index (χ0v) is 20.9. The highest BCUT2D eigenvalue weighted by Gasteiger charge is 2.31. The molecule has 0 aromatic heterocycles. The van der Waals surface area contributed by atoms with Crippen molar-refractivity contribution in [3.63, 3.8) is 0 Å². The highest BCUT2D eigenvalue weighted by atomic mass is 15.0. The lowest BCUT2D eigenvalue weighted by atomic mass is 9.76. The molecule has 1 aliphatic heterocycles. The Morgan fingerprint density at radius 3 is 1.81 bits per heavy atom. The van der Waals surface area contributed by atoms with Crippen molar-refractivity contribution in [2.24, 2.45) is 9.98 Å². The molecule has 1 heterocycles. The minimum Gasteiger partial charge on any atom is -0.261 e. The summed E-state index contributed by atoms with van der Waals surface area (Å²) in [5.74, 6) is 0.484. The van der Waals surface area contributed by atoms with Crippen LogP contribution in [-0.2, 0) is 0 Å². The first-order chi connectivity index (χ1) is 15.6. The van der Waals surface area contributed by atoms with Crippen LogP contribution >= 0.6 is 0 Å². The van der Waals surface area contributed by atoms with Crippen molar-refractivity contribution in [1.29, 1.82) is 0 Å². The number of unbranched alkanes of at least 4 members (excludes halogenated alkanes) is 6. The highest BCUT2D eigenvalue weighted by Crippen LogP contribution is 2.27. The zero-order valence-electron chi connectivity index (χ0n) is 20.9. The second-order valence-electron chi connectivity index (χ2n) is 9.26. The van der Waals surface area contributed by atoms with Crippen LogP contribution in [-0.4, -0.2) is 25.4 Å². The second-order valence-corrected chi connectivity index (χ2v) is 9.26. The van der Waals surface area contributed by atoms with E-state index in [1.54, 1.807) is 6.34 Å². The van der Waals surface area contributed by atoms with Crippen molar-refractivity contribution in [2.45, 2.75) is 96.3 Å². The number of benzene rings is 2. The Labute approximate surface area is 198 Å². The molecule has 32 heavy (non-hydrogen) atoms. The third-order valence-electron chi connectivity index (χ3n) is 6.56. The zero-order chi connectivity index (χ0) is 23.1. The topological polar surface area (TPSA) is 24.7 Å². The summed E-state index contributed by atoms with van der Waals surface area (Å²) >= 11 is 0. The average molecular weight is 430 g/mol. The molecule has 1 aliphatic rings. The molecule has 0 saturated carbocycles. The van der Waals surface area contributed by atoms with E-state index < -0.39 is 0 Å². The van der Waals surface area contributed by atoms with Gasteiger partial charge in [0.15, 0.2) is 0 Å². The molecule has 0 fully saturated rings. The molecular formula is C29H43BN2. The van der Waals surface area contributed by atoms with Crippen molar-refractivity contribution in [3.05, 3.63) is 71.8 Å². The standard InChI is InChI=1S/C16H30N2.C13H13B/c1-4-6-8-10-12-15-16(3,18-14-17-15)13-11-9-7-5-2;14-13(11-7-3-1-4-8-11)12-9-5-2-6-10-12/h14H,4-13H2,1-3H3;1-10,13H,14H2. The van der Waals surface area contributed by atoms with E-state index in [-0.39, 0.29) is 5.54 Å². The van der Waals surface area contributed by atoms with Crippen molar-refractivity contribution in [2.75, 3.05) is 0 Å². The van der Waals surface area contributed by atoms with Crippen LogP contribution in [0.3, 0.4) is 0 Å². The third kappa shape index (κ3) is 8.77. The molecule has 2 nitrogen and oxygen atoms in total. The lowest BCUT2D eigenvalue weighted by Gasteiger charge is -2.23. The van der Waals surface area contributed by atoms with Crippen molar-refractivity contribution < 1.29 is 0 Å². The Hall–Kier alpha value is -2.16. The van der Waals surface area contributed by atoms with E-state index in [1.807, 2.05) is 0 Å². The fraction of sp³-hybridized carbons (Fsp3) is 0.517. The van der Waals surface area contributed by atoms with Gasteiger partial charge in [0.25, 0.3) is 0 Å². The molecule has 0 amide bonds. The minimum atomic E-state index is 0.0277. The first kappa shape index (κ1) is 26.1. The minimum absolute atomic E-state index is 0.0277. The fourth-order valence-corrected chi connectivity index (χ4v) is 4.27. The van der Waals surface area contributed by atoms with E-state index in [0.717, 1.165) is 6.42 Å². The first-order valence-corrected chi connectivity index (χ1v) is 12.8. The lowest BCUT2D eigenvalue weighted by Crippen LogP contribution is -2.30. The Kier molecular flexibility index (Phi) is 12.1. The molecular weight excluding hydrogens is 387 g/mol. The maximum absolute atomic E-state index is 4.62.